The molecule has 2 rings (SSSR count). The Kier molecular flexibility index (Phi) is 3.40. The van der Waals surface area contributed by atoms with Gasteiger partial charge in [-0.05, 0) is 20.3 Å². The summed E-state index contributed by atoms with van der Waals surface area (Å²) in [6, 6.07) is -0.0774. The minimum absolute atomic E-state index is 0.127. The minimum atomic E-state index is -0.204. The van der Waals surface area contributed by atoms with Gasteiger partial charge in [0.15, 0.2) is 5.13 Å². The molecular formula is C10H15N3O2S. The van der Waals surface area contributed by atoms with Crippen LogP contribution in [0.4, 0.5) is 9.93 Å². The van der Waals surface area contributed by atoms with Crippen molar-refractivity contribution in [1.29, 1.82) is 0 Å². The van der Waals surface area contributed by atoms with Gasteiger partial charge in [0.2, 0.25) is 0 Å². The number of aryl methyl sites for hydroxylation is 2. The van der Waals surface area contributed by atoms with E-state index in [4.69, 9.17) is 4.74 Å². The van der Waals surface area contributed by atoms with E-state index in [1.807, 2.05) is 13.8 Å². The lowest BCUT2D eigenvalue weighted by Gasteiger charge is -2.09. The van der Waals surface area contributed by atoms with Gasteiger partial charge in [0.05, 0.1) is 18.3 Å². The van der Waals surface area contributed by atoms with Crippen LogP contribution in [0.5, 0.6) is 0 Å². The van der Waals surface area contributed by atoms with E-state index in [0.717, 1.165) is 23.6 Å². The number of nitrogens with one attached hydrogen (secondary N) is 2. The zero-order valence-corrected chi connectivity index (χ0v) is 10.2. The molecule has 1 aromatic heterocycles. The van der Waals surface area contributed by atoms with Crippen LogP contribution in [-0.2, 0) is 4.74 Å². The maximum atomic E-state index is 11.6. The molecule has 16 heavy (non-hydrogen) atoms. The molecule has 0 aliphatic carbocycles. The van der Waals surface area contributed by atoms with Crippen LogP contribution in [0.15, 0.2) is 0 Å². The van der Waals surface area contributed by atoms with Gasteiger partial charge in [-0.3, -0.25) is 5.32 Å². The number of thiazole rings is 1. The molecule has 0 spiro atoms. The zero-order valence-electron chi connectivity index (χ0n) is 9.37. The van der Waals surface area contributed by atoms with Crippen molar-refractivity contribution in [3.05, 3.63) is 10.6 Å². The van der Waals surface area contributed by atoms with E-state index in [-0.39, 0.29) is 12.1 Å². The fourth-order valence-corrected chi connectivity index (χ4v) is 2.30. The summed E-state index contributed by atoms with van der Waals surface area (Å²) in [6.45, 7) is 5.24. The van der Waals surface area contributed by atoms with Gasteiger partial charge >= 0.3 is 6.03 Å². The van der Waals surface area contributed by atoms with E-state index >= 15 is 0 Å². The Morgan fingerprint density at radius 2 is 2.38 bits per heavy atom. The fraction of sp³-hybridized carbons (Fsp3) is 0.600. The van der Waals surface area contributed by atoms with Crippen LogP contribution in [-0.4, -0.2) is 30.3 Å². The van der Waals surface area contributed by atoms with Gasteiger partial charge in [0.1, 0.15) is 0 Å². The Labute approximate surface area is 98.2 Å². The number of urea groups is 1. The van der Waals surface area contributed by atoms with Gasteiger partial charge < -0.3 is 10.1 Å². The molecule has 1 aliphatic heterocycles. The molecular weight excluding hydrogens is 226 g/mol. The molecule has 0 radical (unpaired) electrons. The Morgan fingerprint density at radius 3 is 2.94 bits per heavy atom. The SMILES string of the molecule is Cc1nc(NC(=O)NC2CCOC2)sc1C. The average molecular weight is 241 g/mol. The van der Waals surface area contributed by atoms with E-state index in [9.17, 15) is 4.79 Å². The Hall–Kier alpha value is -1.14. The lowest BCUT2D eigenvalue weighted by atomic mass is 10.3. The highest BCUT2D eigenvalue weighted by atomic mass is 32.1. The third-order valence-electron chi connectivity index (χ3n) is 2.51. The first kappa shape index (κ1) is 11.3. The van der Waals surface area contributed by atoms with Crippen molar-refractivity contribution < 1.29 is 9.53 Å². The number of aromatic nitrogens is 1. The lowest BCUT2D eigenvalue weighted by Crippen LogP contribution is -2.38. The summed E-state index contributed by atoms with van der Waals surface area (Å²) < 4.78 is 5.18. The summed E-state index contributed by atoms with van der Waals surface area (Å²) >= 11 is 1.49. The van der Waals surface area contributed by atoms with Crippen molar-refractivity contribution in [2.75, 3.05) is 18.5 Å². The molecule has 88 valence electrons. The van der Waals surface area contributed by atoms with E-state index in [1.165, 1.54) is 11.3 Å². The van der Waals surface area contributed by atoms with Crippen molar-refractivity contribution >= 4 is 22.5 Å². The highest BCUT2D eigenvalue weighted by molar-refractivity contribution is 7.15. The van der Waals surface area contributed by atoms with E-state index in [2.05, 4.69) is 15.6 Å². The predicted molar refractivity (Wildman–Crippen MR) is 63.0 cm³/mol. The summed E-state index contributed by atoms with van der Waals surface area (Å²) in [5, 5.41) is 6.22. The molecule has 1 aliphatic rings. The number of nitrogens with zero attached hydrogens (tertiary/aromatic N) is 1. The number of ether oxygens (including phenoxy) is 1. The van der Waals surface area contributed by atoms with Crippen LogP contribution in [0.25, 0.3) is 0 Å². The quantitative estimate of drug-likeness (QED) is 0.828. The fourth-order valence-electron chi connectivity index (χ4n) is 1.49. The second-order valence-electron chi connectivity index (χ2n) is 3.82. The summed E-state index contributed by atoms with van der Waals surface area (Å²) in [6.07, 6.45) is 0.878. The van der Waals surface area contributed by atoms with Gasteiger partial charge in [0, 0.05) is 11.5 Å². The molecule has 1 saturated heterocycles. The topological polar surface area (TPSA) is 63.2 Å². The Bertz CT molecular complexity index is 366. The van der Waals surface area contributed by atoms with Crippen molar-refractivity contribution in [3.8, 4) is 0 Å². The van der Waals surface area contributed by atoms with Crippen LogP contribution in [0, 0.1) is 13.8 Å². The molecule has 0 bridgehead atoms. The number of carbonyl (C=O) groups excluding carboxylic acids is 1. The van der Waals surface area contributed by atoms with Crippen LogP contribution >= 0.6 is 11.3 Å². The monoisotopic (exact) mass is 241 g/mol. The van der Waals surface area contributed by atoms with E-state index in [0.29, 0.717) is 11.7 Å². The number of rotatable bonds is 2. The van der Waals surface area contributed by atoms with Crippen LogP contribution in [0.2, 0.25) is 0 Å². The molecule has 2 heterocycles. The van der Waals surface area contributed by atoms with Gasteiger partial charge in [-0.2, -0.15) is 0 Å². The molecule has 2 N–H and O–H groups in total. The maximum absolute atomic E-state index is 11.6. The number of amides is 2. The number of anilines is 1. The number of hydrogen-bond donors (Lipinski definition) is 2. The van der Waals surface area contributed by atoms with Crippen LogP contribution in [0.3, 0.4) is 0 Å². The summed E-state index contributed by atoms with van der Waals surface area (Å²) in [4.78, 5) is 16.9. The first-order valence-corrected chi connectivity index (χ1v) is 6.06. The van der Waals surface area contributed by atoms with Gasteiger partial charge in [-0.1, -0.05) is 0 Å². The van der Waals surface area contributed by atoms with Gasteiger partial charge in [-0.15, -0.1) is 11.3 Å². The number of carbonyl (C=O) groups is 1. The molecule has 1 atom stereocenters. The molecule has 2 amide bonds. The van der Waals surface area contributed by atoms with Crippen molar-refractivity contribution in [3.63, 3.8) is 0 Å². The highest BCUT2D eigenvalue weighted by Gasteiger charge is 2.18. The second-order valence-corrected chi connectivity index (χ2v) is 5.02. The molecule has 1 fully saturated rings. The van der Waals surface area contributed by atoms with Crippen LogP contribution < -0.4 is 10.6 Å². The normalized spacial score (nSPS) is 19.8. The van der Waals surface area contributed by atoms with Gasteiger partial charge in [-0.25, -0.2) is 9.78 Å². The largest absolute Gasteiger partial charge is 0.379 e. The lowest BCUT2D eigenvalue weighted by molar-refractivity contribution is 0.189. The molecule has 0 aromatic carbocycles. The molecule has 1 unspecified atom stereocenters. The maximum Gasteiger partial charge on any atom is 0.321 e. The van der Waals surface area contributed by atoms with Crippen LogP contribution in [0.1, 0.15) is 17.0 Å². The third-order valence-corrected chi connectivity index (χ3v) is 3.50. The van der Waals surface area contributed by atoms with Crippen molar-refractivity contribution in [2.24, 2.45) is 0 Å². The first-order valence-electron chi connectivity index (χ1n) is 5.24. The minimum Gasteiger partial charge on any atom is -0.379 e. The Morgan fingerprint density at radius 1 is 1.56 bits per heavy atom. The zero-order chi connectivity index (χ0) is 11.5. The summed E-state index contributed by atoms with van der Waals surface area (Å²) in [7, 11) is 0. The smallest absolute Gasteiger partial charge is 0.321 e. The second kappa shape index (κ2) is 4.80. The van der Waals surface area contributed by atoms with E-state index < -0.39 is 0 Å². The molecule has 5 nitrogen and oxygen atoms in total. The molecule has 1 aromatic rings. The highest BCUT2D eigenvalue weighted by Crippen LogP contribution is 2.20. The number of hydrogen-bond acceptors (Lipinski definition) is 4. The summed E-state index contributed by atoms with van der Waals surface area (Å²) in [5.41, 5.74) is 0.962. The standard InChI is InChI=1S/C10H15N3O2S/c1-6-7(2)16-10(11-6)13-9(14)12-8-3-4-15-5-8/h8H,3-5H2,1-2H3,(H2,11,12,13,14). The average Bonchev–Trinajstić information content (AvgIpc) is 2.78. The first-order chi connectivity index (χ1) is 7.65. The third kappa shape index (κ3) is 2.70. The van der Waals surface area contributed by atoms with Crippen molar-refractivity contribution in [2.45, 2.75) is 26.3 Å². The van der Waals surface area contributed by atoms with Crippen molar-refractivity contribution in [1.82, 2.24) is 10.3 Å². The Balaban J connectivity index is 1.86. The molecule has 0 saturated carbocycles. The summed E-state index contributed by atoms with van der Waals surface area (Å²) in [5.74, 6) is 0. The van der Waals surface area contributed by atoms with Gasteiger partial charge in [0.25, 0.3) is 0 Å². The molecule has 6 heteroatoms. The van der Waals surface area contributed by atoms with E-state index in [1.54, 1.807) is 0 Å². The predicted octanol–water partition coefficient (Wildman–Crippen LogP) is 1.67.